The quantitative estimate of drug-likeness (QED) is 0.235. The van der Waals surface area contributed by atoms with E-state index in [0.717, 1.165) is 21.8 Å². The fourth-order valence-electron chi connectivity index (χ4n) is 4.28. The van der Waals surface area contributed by atoms with Gasteiger partial charge in [-0.1, -0.05) is 72.8 Å². The van der Waals surface area contributed by atoms with Crippen LogP contribution in [0.15, 0.2) is 107 Å². The minimum Gasteiger partial charge on any atom is -0.504 e. The molecule has 4 aromatic carbocycles. The molecule has 0 atom stereocenters. The lowest BCUT2D eigenvalue weighted by atomic mass is 10.0. The molecule has 0 saturated carbocycles. The molecule has 0 amide bonds. The SMILES string of the molecule is O=C(c1ccccc1)c1c(O)c(N=Nc2ccccc2)n2c1[nH]c1cccc3cccc2c31. The van der Waals surface area contributed by atoms with E-state index in [2.05, 4.69) is 15.2 Å². The topological polar surface area (TPSA) is 82.2 Å². The summed E-state index contributed by atoms with van der Waals surface area (Å²) in [5.74, 6) is -0.310. The molecule has 158 valence electrons. The predicted octanol–water partition coefficient (Wildman–Crippen LogP) is 6.93. The number of nitrogens with one attached hydrogen (secondary N) is 1. The number of fused-ring (bicyclic) bond motifs is 2. The van der Waals surface area contributed by atoms with E-state index in [1.165, 1.54) is 0 Å². The van der Waals surface area contributed by atoms with Gasteiger partial charge in [0.1, 0.15) is 11.2 Å². The van der Waals surface area contributed by atoms with Crippen LogP contribution in [0.2, 0.25) is 0 Å². The average molecular weight is 430 g/mol. The molecule has 6 rings (SSSR count). The molecule has 33 heavy (non-hydrogen) atoms. The number of aromatic hydroxyl groups is 1. The number of ketones is 1. The maximum Gasteiger partial charge on any atom is 0.204 e. The van der Waals surface area contributed by atoms with Crippen LogP contribution in [0, 0.1) is 0 Å². The number of H-pyrrole nitrogens is 1. The highest BCUT2D eigenvalue weighted by Crippen LogP contribution is 2.41. The number of nitrogens with zero attached hydrogens (tertiary/aromatic N) is 3. The minimum absolute atomic E-state index is 0.162. The lowest BCUT2D eigenvalue weighted by molar-refractivity contribution is 0.103. The molecule has 2 aromatic heterocycles. The van der Waals surface area contributed by atoms with Gasteiger partial charge in [0.2, 0.25) is 11.6 Å². The monoisotopic (exact) mass is 430 g/mol. The first-order valence-electron chi connectivity index (χ1n) is 10.6. The number of aromatic nitrogens is 2. The van der Waals surface area contributed by atoms with Crippen LogP contribution in [0.3, 0.4) is 0 Å². The van der Waals surface area contributed by atoms with Crippen molar-refractivity contribution in [1.82, 2.24) is 9.38 Å². The van der Waals surface area contributed by atoms with Gasteiger partial charge in [-0.15, -0.1) is 10.2 Å². The molecule has 6 aromatic rings. The first-order valence-corrected chi connectivity index (χ1v) is 10.6. The Morgan fingerprint density at radius 1 is 0.788 bits per heavy atom. The Kier molecular flexibility index (Phi) is 4.30. The standard InChI is InChI=1S/C27H18N4O2/c32-24(18-9-3-1-4-10-18)23-25(33)27(30-29-19-13-5-2-6-14-19)31-21-16-8-12-17-11-7-15-20(22(17)21)28-26(23)31/h1-16,28,33H. The van der Waals surface area contributed by atoms with Crippen molar-refractivity contribution in [2.24, 2.45) is 10.2 Å². The number of hydrogen-bond donors (Lipinski definition) is 2. The smallest absolute Gasteiger partial charge is 0.204 e. The molecule has 0 aliphatic carbocycles. The van der Waals surface area contributed by atoms with Crippen molar-refractivity contribution in [3.8, 4) is 5.75 Å². The minimum atomic E-state index is -0.294. The summed E-state index contributed by atoms with van der Waals surface area (Å²) in [6.07, 6.45) is 0. The van der Waals surface area contributed by atoms with Gasteiger partial charge in [-0.2, -0.15) is 0 Å². The van der Waals surface area contributed by atoms with Crippen LogP contribution < -0.4 is 0 Å². The maximum absolute atomic E-state index is 13.5. The molecular formula is C27H18N4O2. The van der Waals surface area contributed by atoms with Gasteiger partial charge in [-0.3, -0.25) is 9.20 Å². The van der Waals surface area contributed by atoms with Crippen molar-refractivity contribution >= 4 is 44.7 Å². The third-order valence-electron chi connectivity index (χ3n) is 5.78. The predicted molar refractivity (Wildman–Crippen MR) is 129 cm³/mol. The van der Waals surface area contributed by atoms with Crippen LogP contribution in [0.25, 0.3) is 27.5 Å². The first-order chi connectivity index (χ1) is 16.2. The summed E-state index contributed by atoms with van der Waals surface area (Å²) in [6.45, 7) is 0. The number of rotatable bonds is 4. The van der Waals surface area contributed by atoms with Gasteiger partial charge in [0.15, 0.2) is 5.75 Å². The summed E-state index contributed by atoms with van der Waals surface area (Å²) in [5.41, 5.74) is 3.43. The zero-order chi connectivity index (χ0) is 22.4. The number of hydrogen-bond acceptors (Lipinski definition) is 4. The van der Waals surface area contributed by atoms with Crippen molar-refractivity contribution in [3.63, 3.8) is 0 Å². The molecule has 0 bridgehead atoms. The largest absolute Gasteiger partial charge is 0.504 e. The van der Waals surface area contributed by atoms with Crippen LogP contribution in [-0.4, -0.2) is 20.3 Å². The molecule has 6 heteroatoms. The van der Waals surface area contributed by atoms with E-state index in [0.29, 0.717) is 16.9 Å². The number of azo groups is 1. The third-order valence-corrected chi connectivity index (χ3v) is 5.78. The number of benzene rings is 4. The lowest BCUT2D eigenvalue weighted by Crippen LogP contribution is -2.02. The normalized spacial score (nSPS) is 11.8. The van der Waals surface area contributed by atoms with Crippen LogP contribution in [-0.2, 0) is 0 Å². The first kappa shape index (κ1) is 19.0. The summed E-state index contributed by atoms with van der Waals surface area (Å²) >= 11 is 0. The molecule has 2 N–H and O–H groups in total. The summed E-state index contributed by atoms with van der Waals surface area (Å²) < 4.78 is 1.77. The van der Waals surface area contributed by atoms with E-state index in [1.54, 1.807) is 28.7 Å². The lowest BCUT2D eigenvalue weighted by Gasteiger charge is -2.10. The van der Waals surface area contributed by atoms with E-state index in [4.69, 9.17) is 0 Å². The molecule has 2 heterocycles. The van der Waals surface area contributed by atoms with E-state index >= 15 is 0 Å². The second kappa shape index (κ2) is 7.46. The van der Waals surface area contributed by atoms with Gasteiger partial charge in [-0.05, 0) is 29.7 Å². The average Bonchev–Trinajstić information content (AvgIpc) is 3.15. The third kappa shape index (κ3) is 3.00. The summed E-state index contributed by atoms with van der Waals surface area (Å²) in [4.78, 5) is 16.9. The van der Waals surface area contributed by atoms with Crippen LogP contribution in [0.1, 0.15) is 15.9 Å². The van der Waals surface area contributed by atoms with Gasteiger partial charge in [-0.25, -0.2) is 0 Å². The van der Waals surface area contributed by atoms with E-state index in [1.807, 2.05) is 72.8 Å². The van der Waals surface area contributed by atoms with E-state index in [-0.39, 0.29) is 22.9 Å². The zero-order valence-electron chi connectivity index (χ0n) is 17.4. The second-order valence-corrected chi connectivity index (χ2v) is 7.77. The van der Waals surface area contributed by atoms with Crippen LogP contribution in [0.4, 0.5) is 11.5 Å². The van der Waals surface area contributed by atoms with Crippen molar-refractivity contribution in [1.29, 1.82) is 0 Å². The molecule has 0 spiro atoms. The molecule has 0 aliphatic heterocycles. The number of carbonyl (C=O) groups excluding carboxylic acids is 1. The highest BCUT2D eigenvalue weighted by Gasteiger charge is 2.27. The molecule has 0 aliphatic rings. The number of aromatic amines is 1. The zero-order valence-corrected chi connectivity index (χ0v) is 17.4. The highest BCUT2D eigenvalue weighted by atomic mass is 16.3. The molecular weight excluding hydrogens is 412 g/mol. The molecule has 0 unspecified atom stereocenters. The van der Waals surface area contributed by atoms with Gasteiger partial charge < -0.3 is 10.1 Å². The van der Waals surface area contributed by atoms with E-state index in [9.17, 15) is 9.90 Å². The Morgan fingerprint density at radius 2 is 1.48 bits per heavy atom. The second-order valence-electron chi connectivity index (χ2n) is 7.77. The van der Waals surface area contributed by atoms with Crippen molar-refractivity contribution < 1.29 is 9.90 Å². The van der Waals surface area contributed by atoms with Gasteiger partial charge in [0, 0.05) is 16.5 Å². The highest BCUT2D eigenvalue weighted by molar-refractivity contribution is 6.18. The Bertz CT molecular complexity index is 1670. The molecule has 6 nitrogen and oxygen atoms in total. The van der Waals surface area contributed by atoms with Crippen molar-refractivity contribution in [2.45, 2.75) is 0 Å². The van der Waals surface area contributed by atoms with Crippen molar-refractivity contribution in [2.75, 3.05) is 0 Å². The van der Waals surface area contributed by atoms with Crippen LogP contribution >= 0.6 is 0 Å². The van der Waals surface area contributed by atoms with Crippen LogP contribution in [0.5, 0.6) is 5.75 Å². The molecule has 0 radical (unpaired) electrons. The Hall–Kier alpha value is -4.71. The summed E-state index contributed by atoms with van der Waals surface area (Å²) in [7, 11) is 0. The Labute approximate surface area is 188 Å². The summed E-state index contributed by atoms with van der Waals surface area (Å²) in [6, 6.07) is 30.1. The Morgan fingerprint density at radius 3 is 2.24 bits per heavy atom. The molecule has 0 saturated heterocycles. The fourth-order valence-corrected chi connectivity index (χ4v) is 4.28. The molecule has 0 fully saturated rings. The van der Waals surface area contributed by atoms with Gasteiger partial charge >= 0.3 is 0 Å². The van der Waals surface area contributed by atoms with Crippen molar-refractivity contribution in [3.05, 3.63) is 108 Å². The summed E-state index contributed by atoms with van der Waals surface area (Å²) in [5, 5.41) is 22.0. The Balaban J connectivity index is 1.71. The maximum atomic E-state index is 13.5. The van der Waals surface area contributed by atoms with E-state index < -0.39 is 0 Å². The van der Waals surface area contributed by atoms with Gasteiger partial charge in [0.25, 0.3) is 0 Å². The van der Waals surface area contributed by atoms with Gasteiger partial charge in [0.05, 0.1) is 11.2 Å². The fraction of sp³-hybridized carbons (Fsp3) is 0. The number of carbonyl (C=O) groups is 1.